The van der Waals surface area contributed by atoms with Gasteiger partial charge in [0.25, 0.3) is 10.0 Å². The number of carbonyl (C=O) groups excluding carboxylic acids is 2. The second-order valence-electron chi connectivity index (χ2n) is 11.2. The Kier molecular flexibility index (Phi) is 11.2. The molecule has 0 fully saturated rings. The molecule has 9 heteroatoms. The van der Waals surface area contributed by atoms with Crippen LogP contribution in [0.3, 0.4) is 0 Å². The molecule has 7 nitrogen and oxygen atoms in total. The van der Waals surface area contributed by atoms with E-state index in [0.717, 1.165) is 21.0 Å². The average molecular weight is 632 g/mol. The summed E-state index contributed by atoms with van der Waals surface area (Å²) in [5, 5.41) is 3.40. The van der Waals surface area contributed by atoms with Crippen LogP contribution >= 0.6 is 11.6 Å². The predicted molar refractivity (Wildman–Crippen MR) is 176 cm³/mol. The first-order valence-corrected chi connectivity index (χ1v) is 16.4. The molecule has 230 valence electrons. The van der Waals surface area contributed by atoms with Gasteiger partial charge in [-0.15, -0.1) is 0 Å². The van der Waals surface area contributed by atoms with E-state index in [4.69, 9.17) is 11.6 Å². The van der Waals surface area contributed by atoms with Crippen molar-refractivity contribution >= 4 is 39.1 Å². The molecule has 0 unspecified atom stereocenters. The van der Waals surface area contributed by atoms with E-state index in [1.807, 2.05) is 87.5 Å². The highest BCUT2D eigenvalue weighted by molar-refractivity contribution is 7.92. The van der Waals surface area contributed by atoms with Gasteiger partial charge in [-0.05, 0) is 65.9 Å². The summed E-state index contributed by atoms with van der Waals surface area (Å²) in [5.74, 6) is -0.598. The normalized spacial score (nSPS) is 12.0. The van der Waals surface area contributed by atoms with E-state index < -0.39 is 28.5 Å². The van der Waals surface area contributed by atoms with Crippen LogP contribution in [0.1, 0.15) is 30.5 Å². The number of rotatable bonds is 13. The summed E-state index contributed by atoms with van der Waals surface area (Å²) in [6.07, 6.45) is 0.262. The molecule has 0 bridgehead atoms. The Balaban J connectivity index is 1.78. The fourth-order valence-electron chi connectivity index (χ4n) is 4.80. The van der Waals surface area contributed by atoms with Gasteiger partial charge in [0.1, 0.15) is 12.6 Å². The van der Waals surface area contributed by atoms with Crippen molar-refractivity contribution in [3.05, 3.63) is 131 Å². The Labute approximate surface area is 265 Å². The van der Waals surface area contributed by atoms with E-state index in [2.05, 4.69) is 5.32 Å². The van der Waals surface area contributed by atoms with E-state index in [-0.39, 0.29) is 29.7 Å². The molecule has 0 aliphatic rings. The van der Waals surface area contributed by atoms with Crippen LogP contribution in [0.25, 0.3) is 0 Å². The van der Waals surface area contributed by atoms with Gasteiger partial charge in [0, 0.05) is 24.5 Å². The summed E-state index contributed by atoms with van der Waals surface area (Å²) in [6, 6.07) is 30.8. The van der Waals surface area contributed by atoms with Crippen LogP contribution in [-0.4, -0.2) is 44.3 Å². The number of hydrogen-bond donors (Lipinski definition) is 1. The lowest BCUT2D eigenvalue weighted by molar-refractivity contribution is -0.140. The van der Waals surface area contributed by atoms with E-state index in [1.165, 1.54) is 29.2 Å². The molecule has 2 amide bonds. The van der Waals surface area contributed by atoms with Gasteiger partial charge in [0.15, 0.2) is 0 Å². The van der Waals surface area contributed by atoms with Crippen LogP contribution in [0.2, 0.25) is 5.02 Å². The Bertz CT molecular complexity index is 1650. The molecule has 0 saturated carbocycles. The number of benzene rings is 4. The van der Waals surface area contributed by atoms with Crippen molar-refractivity contribution in [2.24, 2.45) is 5.92 Å². The minimum atomic E-state index is -4.19. The van der Waals surface area contributed by atoms with Crippen LogP contribution < -0.4 is 9.62 Å². The maximum absolute atomic E-state index is 14.4. The van der Waals surface area contributed by atoms with Gasteiger partial charge >= 0.3 is 0 Å². The van der Waals surface area contributed by atoms with Gasteiger partial charge < -0.3 is 10.2 Å². The predicted octanol–water partition coefficient (Wildman–Crippen LogP) is 6.26. The van der Waals surface area contributed by atoms with Crippen LogP contribution in [0.15, 0.2) is 114 Å². The molecule has 4 aromatic carbocycles. The monoisotopic (exact) mass is 631 g/mol. The molecule has 0 spiro atoms. The zero-order chi connectivity index (χ0) is 31.7. The first kappa shape index (κ1) is 32.8. The summed E-state index contributed by atoms with van der Waals surface area (Å²) in [4.78, 5) is 29.7. The molecular formula is C35H38ClN3O4S. The zero-order valence-corrected chi connectivity index (χ0v) is 26.8. The molecule has 44 heavy (non-hydrogen) atoms. The van der Waals surface area contributed by atoms with Crippen LogP contribution in [-0.2, 0) is 32.6 Å². The highest BCUT2D eigenvalue weighted by Crippen LogP contribution is 2.26. The summed E-state index contributed by atoms with van der Waals surface area (Å²) in [7, 11) is -4.19. The van der Waals surface area contributed by atoms with Gasteiger partial charge in [-0.25, -0.2) is 8.42 Å². The highest BCUT2D eigenvalue weighted by atomic mass is 35.5. The number of carbonyl (C=O) groups is 2. The van der Waals surface area contributed by atoms with E-state index in [1.54, 1.807) is 18.2 Å². The number of sulfonamides is 1. The SMILES string of the molecule is Cc1cccc(N(CC(=O)N(Cc2ccccc2)[C@H](Cc2ccccc2)C(=O)NCC(C)C)S(=O)(=O)c2ccc(Cl)cc2)c1. The Morgan fingerprint density at radius 3 is 2.02 bits per heavy atom. The van der Waals surface area contributed by atoms with Crippen molar-refractivity contribution in [3.8, 4) is 0 Å². The fourth-order valence-corrected chi connectivity index (χ4v) is 6.33. The molecule has 0 saturated heterocycles. The minimum absolute atomic E-state index is 0.00123. The van der Waals surface area contributed by atoms with Gasteiger partial charge in [-0.2, -0.15) is 0 Å². The van der Waals surface area contributed by atoms with Crippen LogP contribution in [0, 0.1) is 12.8 Å². The molecular weight excluding hydrogens is 594 g/mol. The number of halogens is 1. The third kappa shape index (κ3) is 8.71. The molecule has 0 aliphatic carbocycles. The lowest BCUT2D eigenvalue weighted by Crippen LogP contribution is -2.53. The first-order valence-electron chi connectivity index (χ1n) is 14.5. The molecule has 0 heterocycles. The highest BCUT2D eigenvalue weighted by Gasteiger charge is 2.34. The maximum Gasteiger partial charge on any atom is 0.264 e. The Morgan fingerprint density at radius 1 is 0.818 bits per heavy atom. The van der Waals surface area contributed by atoms with Crippen LogP contribution in [0.5, 0.6) is 0 Å². The van der Waals surface area contributed by atoms with Crippen molar-refractivity contribution in [1.29, 1.82) is 0 Å². The van der Waals surface area contributed by atoms with Crippen molar-refractivity contribution in [2.45, 2.75) is 44.7 Å². The Hall–Kier alpha value is -4.14. The molecule has 4 aromatic rings. The standard InChI is InChI=1S/C35H38ClN3O4S/c1-26(2)23-37-35(41)33(22-28-12-6-4-7-13-28)38(24-29-14-8-5-9-15-29)34(40)25-39(31-16-10-11-27(3)21-31)44(42,43)32-19-17-30(36)18-20-32/h4-21,26,33H,22-25H2,1-3H3,(H,37,41)/t33-/m1/s1. The molecule has 0 radical (unpaired) electrons. The summed E-state index contributed by atoms with van der Waals surface area (Å²) in [5.41, 5.74) is 2.88. The van der Waals surface area contributed by atoms with Crippen LogP contribution in [0.4, 0.5) is 5.69 Å². The third-order valence-electron chi connectivity index (χ3n) is 7.12. The number of amides is 2. The summed E-state index contributed by atoms with van der Waals surface area (Å²) < 4.78 is 29.3. The largest absolute Gasteiger partial charge is 0.354 e. The smallest absolute Gasteiger partial charge is 0.264 e. The molecule has 0 aromatic heterocycles. The molecule has 0 aliphatic heterocycles. The number of hydrogen-bond acceptors (Lipinski definition) is 4. The van der Waals surface area contributed by atoms with Crippen molar-refractivity contribution < 1.29 is 18.0 Å². The molecule has 1 N–H and O–H groups in total. The fraction of sp³-hybridized carbons (Fsp3) is 0.257. The second kappa shape index (κ2) is 15.0. The summed E-state index contributed by atoms with van der Waals surface area (Å²) >= 11 is 6.05. The lowest BCUT2D eigenvalue weighted by atomic mass is 10.0. The minimum Gasteiger partial charge on any atom is -0.354 e. The quantitative estimate of drug-likeness (QED) is 0.189. The van der Waals surface area contributed by atoms with Gasteiger partial charge in [0.2, 0.25) is 11.8 Å². The van der Waals surface area contributed by atoms with Gasteiger partial charge in [-0.3, -0.25) is 13.9 Å². The molecule has 1 atom stereocenters. The van der Waals surface area contributed by atoms with E-state index in [9.17, 15) is 18.0 Å². The van der Waals surface area contributed by atoms with Crippen molar-refractivity contribution in [3.63, 3.8) is 0 Å². The zero-order valence-electron chi connectivity index (χ0n) is 25.2. The first-order chi connectivity index (χ1) is 21.0. The summed E-state index contributed by atoms with van der Waals surface area (Å²) in [6.45, 7) is 5.91. The third-order valence-corrected chi connectivity index (χ3v) is 9.16. The van der Waals surface area contributed by atoms with E-state index in [0.29, 0.717) is 17.3 Å². The Morgan fingerprint density at radius 2 is 1.43 bits per heavy atom. The lowest BCUT2D eigenvalue weighted by Gasteiger charge is -2.34. The number of nitrogens with zero attached hydrogens (tertiary/aromatic N) is 2. The number of anilines is 1. The number of nitrogens with one attached hydrogen (secondary N) is 1. The second-order valence-corrected chi connectivity index (χ2v) is 13.5. The number of aryl methyl sites for hydroxylation is 1. The van der Waals surface area contributed by atoms with Gasteiger partial charge in [-0.1, -0.05) is 98.2 Å². The molecule has 4 rings (SSSR count). The van der Waals surface area contributed by atoms with Gasteiger partial charge in [0.05, 0.1) is 10.6 Å². The van der Waals surface area contributed by atoms with E-state index >= 15 is 0 Å². The van der Waals surface area contributed by atoms with Crippen molar-refractivity contribution in [2.75, 3.05) is 17.4 Å². The average Bonchev–Trinajstić information content (AvgIpc) is 3.01. The van der Waals surface area contributed by atoms with Crippen molar-refractivity contribution in [1.82, 2.24) is 10.2 Å². The maximum atomic E-state index is 14.4. The topological polar surface area (TPSA) is 86.8 Å².